The van der Waals surface area contributed by atoms with Crippen LogP contribution in [0.15, 0.2) is 18.2 Å². The first kappa shape index (κ1) is 19.3. The molecule has 0 aliphatic carbocycles. The molecule has 1 aromatic heterocycles. The van der Waals surface area contributed by atoms with E-state index in [2.05, 4.69) is 29.1 Å². The molecular formula is C21H28N4O2. The van der Waals surface area contributed by atoms with Crippen LogP contribution in [0.25, 0.3) is 11.0 Å². The summed E-state index contributed by atoms with van der Waals surface area (Å²) in [6.07, 6.45) is 2.18. The molecule has 1 aliphatic heterocycles. The van der Waals surface area contributed by atoms with Crippen LogP contribution in [0.3, 0.4) is 0 Å². The van der Waals surface area contributed by atoms with Crippen molar-refractivity contribution in [2.24, 2.45) is 5.92 Å². The minimum atomic E-state index is -0.0936. The van der Waals surface area contributed by atoms with Crippen molar-refractivity contribution < 1.29 is 9.59 Å². The lowest BCUT2D eigenvalue weighted by molar-refractivity contribution is -0.133. The fourth-order valence-electron chi connectivity index (χ4n) is 3.39. The van der Waals surface area contributed by atoms with Crippen molar-refractivity contribution in [3.8, 4) is 0 Å². The molecule has 27 heavy (non-hydrogen) atoms. The first-order valence-corrected chi connectivity index (χ1v) is 9.67. The third-order valence-electron chi connectivity index (χ3n) is 5.10. The molecule has 2 aromatic rings. The Labute approximate surface area is 160 Å². The summed E-state index contributed by atoms with van der Waals surface area (Å²) in [5.74, 6) is 0.496. The maximum absolute atomic E-state index is 12.6. The Hall–Kier alpha value is -2.50. The van der Waals surface area contributed by atoms with Crippen LogP contribution >= 0.6 is 0 Å². The van der Waals surface area contributed by atoms with Crippen LogP contribution in [0.2, 0.25) is 0 Å². The number of hydrogen-bond donors (Lipinski definition) is 1. The van der Waals surface area contributed by atoms with Gasteiger partial charge in [0.25, 0.3) is 5.91 Å². The lowest BCUT2D eigenvalue weighted by atomic mass is 10.0. The average Bonchev–Trinajstić information content (AvgIpc) is 2.62. The van der Waals surface area contributed by atoms with Gasteiger partial charge in [-0.2, -0.15) is 0 Å². The molecule has 1 N–H and O–H groups in total. The smallest absolute Gasteiger partial charge is 0.251 e. The van der Waals surface area contributed by atoms with E-state index in [0.717, 1.165) is 35.3 Å². The van der Waals surface area contributed by atoms with Gasteiger partial charge in [0.15, 0.2) is 0 Å². The van der Waals surface area contributed by atoms with Gasteiger partial charge >= 0.3 is 0 Å². The first-order valence-electron chi connectivity index (χ1n) is 9.67. The predicted molar refractivity (Wildman–Crippen MR) is 106 cm³/mol. The van der Waals surface area contributed by atoms with Crippen molar-refractivity contribution in [3.63, 3.8) is 0 Å². The first-order chi connectivity index (χ1) is 12.8. The van der Waals surface area contributed by atoms with Crippen LogP contribution in [0, 0.1) is 19.8 Å². The zero-order valence-corrected chi connectivity index (χ0v) is 16.6. The molecule has 0 atom stereocenters. The molecule has 6 heteroatoms. The number of nitrogens with one attached hydrogen (secondary N) is 1. The van der Waals surface area contributed by atoms with Gasteiger partial charge in [0.2, 0.25) is 5.91 Å². The lowest BCUT2D eigenvalue weighted by Crippen LogP contribution is -2.46. The highest BCUT2D eigenvalue weighted by Crippen LogP contribution is 2.17. The van der Waals surface area contributed by atoms with E-state index in [1.165, 1.54) is 0 Å². The van der Waals surface area contributed by atoms with Gasteiger partial charge < -0.3 is 10.2 Å². The third kappa shape index (κ3) is 4.62. The number of nitrogens with zero attached hydrogens (tertiary/aromatic N) is 3. The van der Waals surface area contributed by atoms with E-state index in [0.29, 0.717) is 31.0 Å². The van der Waals surface area contributed by atoms with Crippen molar-refractivity contribution in [1.29, 1.82) is 0 Å². The topological polar surface area (TPSA) is 75.2 Å². The van der Waals surface area contributed by atoms with Crippen LogP contribution in [-0.2, 0) is 4.79 Å². The van der Waals surface area contributed by atoms with Crippen molar-refractivity contribution in [3.05, 3.63) is 35.2 Å². The Morgan fingerprint density at radius 1 is 1.11 bits per heavy atom. The second-order valence-electron chi connectivity index (χ2n) is 7.82. The number of piperidine rings is 1. The summed E-state index contributed by atoms with van der Waals surface area (Å²) in [7, 11) is 0. The molecule has 6 nitrogen and oxygen atoms in total. The highest BCUT2D eigenvalue weighted by molar-refractivity contribution is 5.97. The Morgan fingerprint density at radius 3 is 2.37 bits per heavy atom. The summed E-state index contributed by atoms with van der Waals surface area (Å²) in [6, 6.07) is 5.53. The van der Waals surface area contributed by atoms with E-state index in [1.807, 2.05) is 24.8 Å². The molecule has 1 saturated heterocycles. The van der Waals surface area contributed by atoms with Gasteiger partial charge in [-0.15, -0.1) is 0 Å². The van der Waals surface area contributed by atoms with Crippen molar-refractivity contribution in [1.82, 2.24) is 20.2 Å². The number of aryl methyl sites for hydroxylation is 2. The standard InChI is InChI=1S/C21H28N4O2/c1-13(2)11-20(26)25-9-7-17(8-10-25)24-21(27)16-5-6-18-19(12-16)23-15(4)14(3)22-18/h5-6,12-13,17H,7-11H2,1-4H3,(H,24,27). The molecule has 2 heterocycles. The Balaban J connectivity index is 1.60. The number of fused-ring (bicyclic) bond motifs is 1. The molecular weight excluding hydrogens is 340 g/mol. The number of aromatic nitrogens is 2. The molecule has 0 radical (unpaired) electrons. The molecule has 1 fully saturated rings. The second kappa shape index (κ2) is 8.03. The molecule has 1 aliphatic rings. The number of carbonyl (C=O) groups is 2. The summed E-state index contributed by atoms with van der Waals surface area (Å²) in [5, 5.41) is 3.10. The highest BCUT2D eigenvalue weighted by atomic mass is 16.2. The Bertz CT molecular complexity index is 855. The predicted octanol–water partition coefficient (Wildman–Crippen LogP) is 3.01. The fourth-order valence-corrected chi connectivity index (χ4v) is 3.39. The normalized spacial score (nSPS) is 15.4. The van der Waals surface area contributed by atoms with Gasteiger partial charge in [-0.3, -0.25) is 9.59 Å². The minimum Gasteiger partial charge on any atom is -0.349 e. The average molecular weight is 368 g/mol. The summed E-state index contributed by atoms with van der Waals surface area (Å²) in [6.45, 7) is 9.38. The molecule has 0 spiro atoms. The van der Waals surface area contributed by atoms with Crippen LogP contribution in [0.4, 0.5) is 0 Å². The van der Waals surface area contributed by atoms with E-state index >= 15 is 0 Å². The van der Waals surface area contributed by atoms with Crippen LogP contribution < -0.4 is 5.32 Å². The molecule has 1 aromatic carbocycles. The number of benzene rings is 1. The largest absolute Gasteiger partial charge is 0.349 e. The number of likely N-dealkylation sites (tertiary alicyclic amines) is 1. The van der Waals surface area contributed by atoms with Crippen molar-refractivity contribution in [2.45, 2.75) is 53.0 Å². The number of carbonyl (C=O) groups excluding carboxylic acids is 2. The van der Waals surface area contributed by atoms with Gasteiger partial charge in [0, 0.05) is 31.1 Å². The van der Waals surface area contributed by atoms with E-state index in [4.69, 9.17) is 0 Å². The molecule has 3 rings (SSSR count). The van der Waals surface area contributed by atoms with Crippen LogP contribution in [0.5, 0.6) is 0 Å². The summed E-state index contributed by atoms with van der Waals surface area (Å²) in [4.78, 5) is 35.7. The van der Waals surface area contributed by atoms with Gasteiger partial charge in [-0.25, -0.2) is 9.97 Å². The third-order valence-corrected chi connectivity index (χ3v) is 5.10. The molecule has 0 bridgehead atoms. The van der Waals surface area contributed by atoms with Crippen molar-refractivity contribution in [2.75, 3.05) is 13.1 Å². The summed E-state index contributed by atoms with van der Waals surface area (Å²) < 4.78 is 0. The van der Waals surface area contributed by atoms with Crippen LogP contribution in [-0.4, -0.2) is 45.8 Å². The minimum absolute atomic E-state index is 0.0936. The van der Waals surface area contributed by atoms with E-state index in [9.17, 15) is 9.59 Å². The molecule has 0 saturated carbocycles. The van der Waals surface area contributed by atoms with Gasteiger partial charge in [0.05, 0.1) is 22.4 Å². The van der Waals surface area contributed by atoms with Crippen molar-refractivity contribution >= 4 is 22.8 Å². The van der Waals surface area contributed by atoms with Crippen LogP contribution in [0.1, 0.15) is 54.9 Å². The Morgan fingerprint density at radius 2 is 1.74 bits per heavy atom. The fraction of sp³-hybridized carbons (Fsp3) is 0.524. The molecule has 144 valence electrons. The second-order valence-corrected chi connectivity index (χ2v) is 7.82. The van der Waals surface area contributed by atoms with Gasteiger partial charge in [0.1, 0.15) is 0 Å². The van der Waals surface area contributed by atoms with E-state index in [-0.39, 0.29) is 17.9 Å². The molecule has 2 amide bonds. The lowest BCUT2D eigenvalue weighted by Gasteiger charge is -2.32. The summed E-state index contributed by atoms with van der Waals surface area (Å²) >= 11 is 0. The summed E-state index contributed by atoms with van der Waals surface area (Å²) in [5.41, 5.74) is 3.90. The number of rotatable bonds is 4. The maximum Gasteiger partial charge on any atom is 0.251 e. The Kier molecular flexibility index (Phi) is 5.73. The highest BCUT2D eigenvalue weighted by Gasteiger charge is 2.24. The number of amides is 2. The SMILES string of the molecule is Cc1nc2ccc(C(=O)NC3CCN(C(=O)CC(C)C)CC3)cc2nc1C. The van der Waals surface area contributed by atoms with Gasteiger partial charge in [-0.05, 0) is 50.8 Å². The van der Waals surface area contributed by atoms with Gasteiger partial charge in [-0.1, -0.05) is 13.8 Å². The van der Waals surface area contributed by atoms with E-state index in [1.54, 1.807) is 12.1 Å². The van der Waals surface area contributed by atoms with E-state index < -0.39 is 0 Å². The zero-order chi connectivity index (χ0) is 19.6. The zero-order valence-electron chi connectivity index (χ0n) is 16.6. The monoisotopic (exact) mass is 368 g/mol. The maximum atomic E-state index is 12.6. The quantitative estimate of drug-likeness (QED) is 0.900. The molecule has 0 unspecified atom stereocenters. The number of hydrogen-bond acceptors (Lipinski definition) is 4.